The minimum atomic E-state index is -5.41. The number of halogens is 12. The quantitative estimate of drug-likeness (QED) is 0.192. The van der Waals surface area contributed by atoms with E-state index in [4.69, 9.17) is 0 Å². The largest absolute Gasteiger partial charge is 0.433 e. The second kappa shape index (κ2) is 11.0. The Bertz CT molecular complexity index is 1750. The van der Waals surface area contributed by atoms with Crippen molar-refractivity contribution < 1.29 is 61.1 Å². The van der Waals surface area contributed by atoms with Crippen LogP contribution in [0.15, 0.2) is 65.0 Å². The van der Waals surface area contributed by atoms with Gasteiger partial charge in [-0.25, -0.2) is 8.42 Å². The van der Waals surface area contributed by atoms with Gasteiger partial charge in [0.15, 0.2) is 5.69 Å². The number of sulfonamides is 1. The van der Waals surface area contributed by atoms with E-state index in [1.165, 1.54) is 0 Å². The van der Waals surface area contributed by atoms with Gasteiger partial charge in [0.2, 0.25) is 0 Å². The summed E-state index contributed by atoms with van der Waals surface area (Å²) in [4.78, 5) is -0.331. The van der Waals surface area contributed by atoms with Crippen molar-refractivity contribution in [3.63, 3.8) is 0 Å². The van der Waals surface area contributed by atoms with E-state index < -0.39 is 84.7 Å². The Labute approximate surface area is 244 Å². The van der Waals surface area contributed by atoms with Gasteiger partial charge in [-0.05, 0) is 48.0 Å². The first kappa shape index (κ1) is 33.2. The summed E-state index contributed by atoms with van der Waals surface area (Å²) in [6.45, 7) is -1.18. The van der Waals surface area contributed by atoms with Gasteiger partial charge in [0.1, 0.15) is 4.21 Å². The standard InChI is InChI=1S/C25H15F12N3O2S2/c1-39-21(25(35,36)37)18(11-38-39)19-5-6-20(43-19)44(41,42)40(12-13-3-2-4-14(7-13)22(26,27)28)17-9-15(23(29,30)31)8-16(10-17)24(32,33)34/h2-11H,12H2,1H3. The second-order valence-corrected chi connectivity index (χ2v) is 12.3. The van der Waals surface area contributed by atoms with Gasteiger partial charge in [0.05, 0.1) is 35.1 Å². The lowest BCUT2D eigenvalue weighted by Gasteiger charge is -2.26. The number of hydrogen-bond acceptors (Lipinski definition) is 4. The summed E-state index contributed by atoms with van der Waals surface area (Å²) in [6.07, 6.45) is -19.9. The molecule has 0 aliphatic heterocycles. The number of rotatable bonds is 6. The zero-order chi connectivity index (χ0) is 33.0. The lowest BCUT2D eigenvalue weighted by molar-refractivity contribution is -0.144. The maximum Gasteiger partial charge on any atom is 0.433 e. The number of benzene rings is 2. The maximum absolute atomic E-state index is 13.8. The fraction of sp³-hybridized carbons (Fsp3) is 0.240. The molecule has 0 saturated heterocycles. The third kappa shape index (κ3) is 6.82. The van der Waals surface area contributed by atoms with Crippen molar-refractivity contribution in [1.82, 2.24) is 9.78 Å². The summed E-state index contributed by atoms with van der Waals surface area (Å²) >= 11 is 0.190. The summed E-state index contributed by atoms with van der Waals surface area (Å²) in [5.41, 5.74) is -8.66. The van der Waals surface area contributed by atoms with E-state index in [0.29, 0.717) is 16.8 Å². The number of thiophene rings is 1. The molecule has 0 spiro atoms. The minimum Gasteiger partial charge on any atom is -0.263 e. The van der Waals surface area contributed by atoms with Crippen LogP contribution in [-0.2, 0) is 48.3 Å². The molecule has 0 bridgehead atoms. The smallest absolute Gasteiger partial charge is 0.263 e. The van der Waals surface area contributed by atoms with Crippen molar-refractivity contribution in [3.05, 3.63) is 88.7 Å². The van der Waals surface area contributed by atoms with E-state index >= 15 is 0 Å². The van der Waals surface area contributed by atoms with Crippen LogP contribution in [-0.4, -0.2) is 18.2 Å². The SMILES string of the molecule is Cn1ncc(-c2ccc(S(=O)(=O)N(Cc3cccc(C(F)(F)F)c3)c3cc(C(F)(F)F)cc(C(F)(F)F)c3)s2)c1C(F)(F)F. The molecule has 0 aliphatic carbocycles. The van der Waals surface area contributed by atoms with Crippen molar-refractivity contribution in [2.45, 2.75) is 35.5 Å². The molecular formula is C25H15F12N3O2S2. The fourth-order valence-corrected chi connectivity index (χ4v) is 6.94. The number of aryl methyl sites for hydroxylation is 1. The average Bonchev–Trinajstić information content (AvgIpc) is 3.53. The van der Waals surface area contributed by atoms with Gasteiger partial charge in [0, 0.05) is 17.5 Å². The number of anilines is 1. The van der Waals surface area contributed by atoms with Gasteiger partial charge in [-0.2, -0.15) is 57.8 Å². The van der Waals surface area contributed by atoms with Crippen molar-refractivity contribution in [2.24, 2.45) is 7.05 Å². The Morgan fingerprint density at radius 2 is 1.32 bits per heavy atom. The average molecular weight is 682 g/mol. The topological polar surface area (TPSA) is 55.2 Å². The van der Waals surface area contributed by atoms with Crippen LogP contribution in [0.5, 0.6) is 0 Å². The van der Waals surface area contributed by atoms with E-state index in [-0.39, 0.29) is 38.7 Å². The number of aromatic nitrogens is 2. The van der Waals surface area contributed by atoms with Crippen molar-refractivity contribution in [2.75, 3.05) is 4.31 Å². The van der Waals surface area contributed by atoms with Crippen LogP contribution in [0, 0.1) is 0 Å². The molecule has 4 rings (SSSR count). The molecule has 0 unspecified atom stereocenters. The van der Waals surface area contributed by atoms with Gasteiger partial charge in [-0.15, -0.1) is 11.3 Å². The van der Waals surface area contributed by atoms with Crippen LogP contribution in [0.4, 0.5) is 58.4 Å². The van der Waals surface area contributed by atoms with Crippen LogP contribution in [0.1, 0.15) is 27.9 Å². The van der Waals surface area contributed by atoms with Crippen LogP contribution < -0.4 is 4.31 Å². The molecule has 44 heavy (non-hydrogen) atoms. The molecule has 5 nitrogen and oxygen atoms in total. The van der Waals surface area contributed by atoms with Crippen molar-refractivity contribution >= 4 is 27.0 Å². The molecular weight excluding hydrogens is 666 g/mol. The first-order valence-electron chi connectivity index (χ1n) is 11.7. The molecule has 238 valence electrons. The third-order valence-electron chi connectivity index (χ3n) is 6.04. The van der Waals surface area contributed by atoms with Crippen LogP contribution in [0.2, 0.25) is 0 Å². The molecule has 2 heterocycles. The lowest BCUT2D eigenvalue weighted by Crippen LogP contribution is -2.31. The van der Waals surface area contributed by atoms with E-state index in [1.54, 1.807) is 0 Å². The van der Waals surface area contributed by atoms with Gasteiger partial charge >= 0.3 is 24.7 Å². The molecule has 4 aromatic rings. The first-order chi connectivity index (χ1) is 20.0. The molecule has 2 aromatic carbocycles. The zero-order valence-electron chi connectivity index (χ0n) is 21.5. The van der Waals surface area contributed by atoms with Gasteiger partial charge in [0.25, 0.3) is 10.0 Å². The predicted octanol–water partition coefficient (Wildman–Crippen LogP) is 8.62. The summed E-state index contributed by atoms with van der Waals surface area (Å²) in [5.74, 6) is 0. The Morgan fingerprint density at radius 1 is 0.750 bits per heavy atom. The highest BCUT2D eigenvalue weighted by Gasteiger charge is 2.41. The van der Waals surface area contributed by atoms with E-state index in [1.807, 2.05) is 0 Å². The monoisotopic (exact) mass is 681 g/mol. The normalized spacial score (nSPS) is 13.4. The Hall–Kier alpha value is -3.74. The molecule has 0 N–H and O–H groups in total. The highest BCUT2D eigenvalue weighted by Crippen LogP contribution is 2.43. The Balaban J connectivity index is 1.92. The van der Waals surface area contributed by atoms with Crippen LogP contribution in [0.3, 0.4) is 0 Å². The van der Waals surface area contributed by atoms with Gasteiger partial charge in [-0.3, -0.25) is 8.99 Å². The van der Waals surface area contributed by atoms with E-state index in [0.717, 1.165) is 37.5 Å². The van der Waals surface area contributed by atoms with Crippen LogP contribution >= 0.6 is 11.3 Å². The Morgan fingerprint density at radius 3 is 1.84 bits per heavy atom. The molecule has 0 aliphatic rings. The summed E-state index contributed by atoms with van der Waals surface area (Å²) in [6, 6.07) is 4.40. The summed E-state index contributed by atoms with van der Waals surface area (Å²) in [5, 5.41) is 3.50. The van der Waals surface area contributed by atoms with Gasteiger partial charge in [-0.1, -0.05) is 12.1 Å². The first-order valence-corrected chi connectivity index (χ1v) is 13.9. The third-order valence-corrected chi connectivity index (χ3v) is 9.40. The highest BCUT2D eigenvalue weighted by molar-refractivity contribution is 7.94. The molecule has 2 aromatic heterocycles. The molecule has 0 atom stereocenters. The molecule has 19 heteroatoms. The summed E-state index contributed by atoms with van der Waals surface area (Å²) < 4.78 is 190. The highest BCUT2D eigenvalue weighted by atomic mass is 32.2. The fourth-order valence-electron chi connectivity index (χ4n) is 4.08. The summed E-state index contributed by atoms with van der Waals surface area (Å²) in [7, 11) is -4.27. The van der Waals surface area contributed by atoms with E-state index in [2.05, 4.69) is 5.10 Å². The molecule has 0 radical (unpaired) electrons. The van der Waals surface area contributed by atoms with Crippen molar-refractivity contribution in [3.8, 4) is 10.4 Å². The molecule has 0 fully saturated rings. The minimum absolute atomic E-state index is 0.0243. The second-order valence-electron chi connectivity index (χ2n) is 9.12. The number of alkyl halides is 12. The van der Waals surface area contributed by atoms with Crippen LogP contribution in [0.25, 0.3) is 10.4 Å². The van der Waals surface area contributed by atoms with Gasteiger partial charge < -0.3 is 0 Å². The maximum atomic E-state index is 13.8. The molecule has 0 amide bonds. The van der Waals surface area contributed by atoms with E-state index in [9.17, 15) is 61.1 Å². The predicted molar refractivity (Wildman–Crippen MR) is 133 cm³/mol. The Kier molecular flexibility index (Phi) is 8.29. The number of nitrogens with zero attached hydrogens (tertiary/aromatic N) is 3. The number of hydrogen-bond donors (Lipinski definition) is 0. The van der Waals surface area contributed by atoms with Crippen molar-refractivity contribution in [1.29, 1.82) is 0 Å². The lowest BCUT2D eigenvalue weighted by atomic mass is 10.1. The zero-order valence-corrected chi connectivity index (χ0v) is 23.1. The molecule has 0 saturated carbocycles.